The van der Waals surface area contributed by atoms with Crippen LogP contribution in [0.2, 0.25) is 0 Å². The highest BCUT2D eigenvalue weighted by Crippen LogP contribution is 2.09. The van der Waals surface area contributed by atoms with Gasteiger partial charge in [0.2, 0.25) is 0 Å². The van der Waals surface area contributed by atoms with Crippen molar-refractivity contribution in [3.8, 4) is 0 Å². The van der Waals surface area contributed by atoms with E-state index in [1.807, 2.05) is 32.0 Å². The second-order valence-corrected chi connectivity index (χ2v) is 4.06. The number of hydrogen-bond donors (Lipinski definition) is 2. The fourth-order valence-corrected chi connectivity index (χ4v) is 1.54. The number of nitrogens with zero attached hydrogens (tertiary/aromatic N) is 1. The second kappa shape index (κ2) is 4.82. The van der Waals surface area contributed by atoms with Gasteiger partial charge < -0.3 is 10.3 Å². The summed E-state index contributed by atoms with van der Waals surface area (Å²) in [6.45, 7) is 4.49. The summed E-state index contributed by atoms with van der Waals surface area (Å²) in [5, 5.41) is 2.84. The summed E-state index contributed by atoms with van der Waals surface area (Å²) in [7, 11) is 0. The number of rotatable bonds is 3. The van der Waals surface area contributed by atoms with Crippen LogP contribution in [0.1, 0.15) is 27.2 Å². The van der Waals surface area contributed by atoms with Gasteiger partial charge in [-0.15, -0.1) is 0 Å². The molecular formula is C13H15N3O. The Kier molecular flexibility index (Phi) is 3.23. The SMILES string of the molecule is Cc1ccc(C(=O)NCc2cnc[nH]2)cc1C. The smallest absolute Gasteiger partial charge is 0.251 e. The summed E-state index contributed by atoms with van der Waals surface area (Å²) in [6.07, 6.45) is 3.29. The first-order valence-electron chi connectivity index (χ1n) is 5.49. The van der Waals surface area contributed by atoms with Gasteiger partial charge >= 0.3 is 0 Å². The van der Waals surface area contributed by atoms with Gasteiger partial charge in [0.1, 0.15) is 0 Å². The van der Waals surface area contributed by atoms with E-state index in [4.69, 9.17) is 0 Å². The fraction of sp³-hybridized carbons (Fsp3) is 0.231. The van der Waals surface area contributed by atoms with Crippen LogP contribution < -0.4 is 5.32 Å². The fourth-order valence-electron chi connectivity index (χ4n) is 1.54. The monoisotopic (exact) mass is 229 g/mol. The summed E-state index contributed by atoms with van der Waals surface area (Å²) in [5.41, 5.74) is 3.89. The molecule has 2 aromatic rings. The summed E-state index contributed by atoms with van der Waals surface area (Å²) < 4.78 is 0. The lowest BCUT2D eigenvalue weighted by atomic mass is 10.1. The van der Waals surface area contributed by atoms with Gasteiger partial charge in [0.25, 0.3) is 5.91 Å². The highest BCUT2D eigenvalue weighted by atomic mass is 16.1. The van der Waals surface area contributed by atoms with Crippen molar-refractivity contribution in [3.63, 3.8) is 0 Å². The summed E-state index contributed by atoms with van der Waals surface area (Å²) in [5.74, 6) is -0.0669. The van der Waals surface area contributed by atoms with Crippen molar-refractivity contribution in [1.82, 2.24) is 15.3 Å². The number of aryl methyl sites for hydroxylation is 2. The minimum atomic E-state index is -0.0669. The van der Waals surface area contributed by atoms with E-state index in [0.29, 0.717) is 12.1 Å². The highest BCUT2D eigenvalue weighted by Gasteiger charge is 2.06. The van der Waals surface area contributed by atoms with Crippen LogP contribution in [-0.2, 0) is 6.54 Å². The number of carbonyl (C=O) groups excluding carboxylic acids is 1. The number of H-pyrrole nitrogens is 1. The topological polar surface area (TPSA) is 57.8 Å². The van der Waals surface area contributed by atoms with Gasteiger partial charge in [-0.05, 0) is 37.1 Å². The average molecular weight is 229 g/mol. The molecule has 0 saturated heterocycles. The zero-order chi connectivity index (χ0) is 12.3. The first-order chi connectivity index (χ1) is 8.16. The molecule has 0 bridgehead atoms. The molecule has 1 aromatic heterocycles. The van der Waals surface area contributed by atoms with E-state index in [0.717, 1.165) is 11.3 Å². The van der Waals surface area contributed by atoms with Gasteiger partial charge in [0, 0.05) is 11.8 Å². The number of nitrogens with one attached hydrogen (secondary N) is 2. The van der Waals surface area contributed by atoms with Crippen LogP contribution in [0.3, 0.4) is 0 Å². The molecule has 0 spiro atoms. The Morgan fingerprint density at radius 1 is 1.35 bits per heavy atom. The van der Waals surface area contributed by atoms with E-state index in [1.54, 1.807) is 12.5 Å². The Bertz CT molecular complexity index is 517. The van der Waals surface area contributed by atoms with E-state index < -0.39 is 0 Å². The van der Waals surface area contributed by atoms with Crippen LogP contribution in [0.4, 0.5) is 0 Å². The maximum absolute atomic E-state index is 11.9. The Labute approximate surface area is 100 Å². The molecule has 2 N–H and O–H groups in total. The summed E-state index contributed by atoms with van der Waals surface area (Å²) in [4.78, 5) is 18.7. The Balaban J connectivity index is 2.02. The number of aromatic amines is 1. The highest BCUT2D eigenvalue weighted by molar-refractivity contribution is 5.94. The predicted octanol–water partition coefficient (Wildman–Crippen LogP) is 1.96. The Morgan fingerprint density at radius 2 is 2.18 bits per heavy atom. The number of hydrogen-bond acceptors (Lipinski definition) is 2. The van der Waals surface area contributed by atoms with Gasteiger partial charge in [-0.25, -0.2) is 4.98 Å². The molecule has 17 heavy (non-hydrogen) atoms. The van der Waals surface area contributed by atoms with Crippen molar-refractivity contribution in [1.29, 1.82) is 0 Å². The Morgan fingerprint density at radius 3 is 2.82 bits per heavy atom. The maximum Gasteiger partial charge on any atom is 0.251 e. The van der Waals surface area contributed by atoms with Crippen molar-refractivity contribution in [3.05, 3.63) is 53.1 Å². The lowest BCUT2D eigenvalue weighted by Gasteiger charge is -2.06. The lowest BCUT2D eigenvalue weighted by molar-refractivity contribution is 0.0950. The summed E-state index contributed by atoms with van der Waals surface area (Å²) in [6, 6.07) is 5.70. The zero-order valence-corrected chi connectivity index (χ0v) is 9.95. The molecule has 0 aliphatic carbocycles. The van der Waals surface area contributed by atoms with Gasteiger partial charge in [-0.2, -0.15) is 0 Å². The first kappa shape index (κ1) is 11.4. The van der Waals surface area contributed by atoms with Gasteiger partial charge in [-0.1, -0.05) is 6.07 Å². The zero-order valence-electron chi connectivity index (χ0n) is 9.95. The molecule has 0 fully saturated rings. The van der Waals surface area contributed by atoms with Gasteiger partial charge in [0.05, 0.1) is 18.6 Å². The molecular weight excluding hydrogens is 214 g/mol. The van der Waals surface area contributed by atoms with Crippen LogP contribution in [0.5, 0.6) is 0 Å². The summed E-state index contributed by atoms with van der Waals surface area (Å²) >= 11 is 0. The van der Waals surface area contributed by atoms with Crippen LogP contribution >= 0.6 is 0 Å². The van der Waals surface area contributed by atoms with Crippen LogP contribution in [0.15, 0.2) is 30.7 Å². The van der Waals surface area contributed by atoms with Gasteiger partial charge in [-0.3, -0.25) is 4.79 Å². The normalized spacial score (nSPS) is 10.2. The number of aromatic nitrogens is 2. The molecule has 2 rings (SSSR count). The van der Waals surface area contributed by atoms with Crippen molar-refractivity contribution < 1.29 is 4.79 Å². The van der Waals surface area contributed by atoms with E-state index in [9.17, 15) is 4.79 Å². The van der Waals surface area contributed by atoms with E-state index in [2.05, 4.69) is 15.3 Å². The third-order valence-electron chi connectivity index (χ3n) is 2.76. The molecule has 0 saturated carbocycles. The number of benzene rings is 1. The molecule has 4 heteroatoms. The molecule has 4 nitrogen and oxygen atoms in total. The standard InChI is InChI=1S/C13H15N3O/c1-9-3-4-11(5-10(9)2)13(17)15-7-12-6-14-8-16-12/h3-6,8H,7H2,1-2H3,(H,14,16)(H,15,17). The van der Waals surface area contributed by atoms with Crippen molar-refractivity contribution >= 4 is 5.91 Å². The van der Waals surface area contributed by atoms with Crippen LogP contribution in [0.25, 0.3) is 0 Å². The number of imidazole rings is 1. The quantitative estimate of drug-likeness (QED) is 0.845. The minimum absolute atomic E-state index is 0.0669. The molecule has 0 unspecified atom stereocenters. The molecule has 0 aliphatic rings. The van der Waals surface area contributed by atoms with Crippen molar-refractivity contribution in [2.45, 2.75) is 20.4 Å². The van der Waals surface area contributed by atoms with Crippen LogP contribution in [-0.4, -0.2) is 15.9 Å². The predicted molar refractivity (Wildman–Crippen MR) is 65.7 cm³/mol. The largest absolute Gasteiger partial charge is 0.347 e. The molecule has 1 heterocycles. The van der Waals surface area contributed by atoms with E-state index in [1.165, 1.54) is 5.56 Å². The first-order valence-corrected chi connectivity index (χ1v) is 5.49. The number of amides is 1. The second-order valence-electron chi connectivity index (χ2n) is 4.06. The van der Waals surface area contributed by atoms with E-state index in [-0.39, 0.29) is 5.91 Å². The third-order valence-corrected chi connectivity index (χ3v) is 2.76. The van der Waals surface area contributed by atoms with E-state index >= 15 is 0 Å². The van der Waals surface area contributed by atoms with Gasteiger partial charge in [0.15, 0.2) is 0 Å². The van der Waals surface area contributed by atoms with Crippen LogP contribution in [0, 0.1) is 13.8 Å². The van der Waals surface area contributed by atoms with Crippen molar-refractivity contribution in [2.24, 2.45) is 0 Å². The lowest BCUT2D eigenvalue weighted by Crippen LogP contribution is -2.23. The van der Waals surface area contributed by atoms with Crippen molar-refractivity contribution in [2.75, 3.05) is 0 Å². The molecule has 1 amide bonds. The molecule has 88 valence electrons. The molecule has 1 aromatic carbocycles. The number of carbonyl (C=O) groups is 1. The average Bonchev–Trinajstić information content (AvgIpc) is 2.82. The third kappa shape index (κ3) is 2.72. The Hall–Kier alpha value is -2.10. The molecule has 0 atom stereocenters. The minimum Gasteiger partial charge on any atom is -0.347 e. The molecule has 0 radical (unpaired) electrons. The maximum atomic E-state index is 11.9. The molecule has 0 aliphatic heterocycles.